The predicted molar refractivity (Wildman–Crippen MR) is 52.6 cm³/mol. The molecule has 0 aromatic rings. The van der Waals surface area contributed by atoms with E-state index in [1.807, 2.05) is 0 Å². The fraction of sp³-hybridized carbons (Fsp3) is 0.545. The first-order valence-corrected chi connectivity index (χ1v) is 4.76. The summed E-state index contributed by atoms with van der Waals surface area (Å²) in [6.45, 7) is 3.18. The molecule has 64 valence electrons. The molecule has 0 amide bonds. The van der Waals surface area contributed by atoms with E-state index < -0.39 is 0 Å². The van der Waals surface area contributed by atoms with E-state index in [1.165, 1.54) is 36.1 Å². The van der Waals surface area contributed by atoms with Crippen molar-refractivity contribution in [2.24, 2.45) is 4.99 Å². The lowest BCUT2D eigenvalue weighted by molar-refractivity contribution is 0.934. The van der Waals surface area contributed by atoms with E-state index in [4.69, 9.17) is 0 Å². The largest absolute Gasteiger partial charge is 0.289 e. The van der Waals surface area contributed by atoms with E-state index >= 15 is 0 Å². The molecule has 0 spiro atoms. The van der Waals surface area contributed by atoms with Crippen LogP contribution in [0.2, 0.25) is 0 Å². The van der Waals surface area contributed by atoms with Crippen LogP contribution in [0.15, 0.2) is 28.3 Å². The van der Waals surface area contributed by atoms with Gasteiger partial charge in [-0.25, -0.2) is 0 Å². The molecule has 0 radical (unpaired) electrons. The lowest BCUT2D eigenvalue weighted by Crippen LogP contribution is -1.98. The Balaban J connectivity index is 2.29. The van der Waals surface area contributed by atoms with Crippen molar-refractivity contribution >= 4 is 5.71 Å². The van der Waals surface area contributed by atoms with Crippen molar-refractivity contribution in [1.29, 1.82) is 0 Å². The molecule has 0 unspecified atom stereocenters. The van der Waals surface area contributed by atoms with E-state index in [-0.39, 0.29) is 0 Å². The van der Waals surface area contributed by atoms with Crippen molar-refractivity contribution < 1.29 is 0 Å². The quantitative estimate of drug-likeness (QED) is 0.518. The van der Waals surface area contributed by atoms with Crippen LogP contribution in [0.5, 0.6) is 0 Å². The molecule has 2 aliphatic rings. The van der Waals surface area contributed by atoms with Crippen molar-refractivity contribution in [3.05, 3.63) is 23.3 Å². The lowest BCUT2D eigenvalue weighted by Gasteiger charge is -2.04. The second-order valence-electron chi connectivity index (χ2n) is 3.64. The molecule has 1 heteroatoms. The number of allylic oxidation sites excluding steroid dienone is 3. The molecule has 12 heavy (non-hydrogen) atoms. The van der Waals surface area contributed by atoms with Gasteiger partial charge < -0.3 is 0 Å². The normalized spacial score (nSPS) is 27.6. The molecule has 1 nitrogen and oxygen atoms in total. The molecule has 1 saturated carbocycles. The Morgan fingerprint density at radius 3 is 3.00 bits per heavy atom. The van der Waals surface area contributed by atoms with E-state index in [9.17, 15) is 0 Å². The summed E-state index contributed by atoms with van der Waals surface area (Å²) in [7, 11) is 0. The molecule has 2 rings (SSSR count). The Hall–Kier alpha value is -0.850. The molecule has 1 heterocycles. The maximum Gasteiger partial charge on any atom is 0.0429 e. The van der Waals surface area contributed by atoms with Crippen LogP contribution < -0.4 is 0 Å². The average Bonchev–Trinajstić information content (AvgIpc) is 2.45. The summed E-state index contributed by atoms with van der Waals surface area (Å²) in [5, 5.41) is 0. The molecule has 1 aliphatic carbocycles. The highest BCUT2D eigenvalue weighted by atomic mass is 14.7. The highest BCUT2D eigenvalue weighted by Crippen LogP contribution is 2.23. The van der Waals surface area contributed by atoms with Gasteiger partial charge in [-0.3, -0.25) is 4.99 Å². The molecular weight excluding hydrogens is 146 g/mol. The standard InChI is InChI=1S/C11H15N/c1-9-5-6-10-3-2-4-11(10)12-8-7-9/h5-6H,2-4,7-8H2,1H3/b9-5?,10-6-,12-11?. The fourth-order valence-electron chi connectivity index (χ4n) is 1.80. The smallest absolute Gasteiger partial charge is 0.0429 e. The van der Waals surface area contributed by atoms with Gasteiger partial charge in [0, 0.05) is 12.3 Å². The Bertz CT molecular complexity index is 269. The third kappa shape index (κ3) is 1.50. The van der Waals surface area contributed by atoms with Crippen LogP contribution in [0.4, 0.5) is 0 Å². The zero-order valence-corrected chi connectivity index (χ0v) is 7.64. The van der Waals surface area contributed by atoms with Gasteiger partial charge >= 0.3 is 0 Å². The molecule has 0 bridgehead atoms. The predicted octanol–water partition coefficient (Wildman–Crippen LogP) is 2.89. The summed E-state index contributed by atoms with van der Waals surface area (Å²) in [6.07, 6.45) is 9.40. The van der Waals surface area contributed by atoms with Gasteiger partial charge in [0.15, 0.2) is 0 Å². The molecule has 0 aromatic heterocycles. The Labute approximate surface area is 73.9 Å². The zero-order valence-electron chi connectivity index (χ0n) is 7.64. The van der Waals surface area contributed by atoms with Crippen molar-refractivity contribution in [2.75, 3.05) is 6.54 Å². The van der Waals surface area contributed by atoms with Crippen LogP contribution in [0.25, 0.3) is 0 Å². The van der Waals surface area contributed by atoms with Gasteiger partial charge in [-0.05, 0) is 38.2 Å². The molecule has 0 aromatic carbocycles. The molecule has 0 N–H and O–H groups in total. The van der Waals surface area contributed by atoms with Gasteiger partial charge in [-0.1, -0.05) is 17.7 Å². The summed E-state index contributed by atoms with van der Waals surface area (Å²) in [6, 6.07) is 0. The van der Waals surface area contributed by atoms with Crippen molar-refractivity contribution in [1.82, 2.24) is 0 Å². The minimum Gasteiger partial charge on any atom is -0.289 e. The summed E-state index contributed by atoms with van der Waals surface area (Å²) < 4.78 is 0. The lowest BCUT2D eigenvalue weighted by atomic mass is 10.1. The van der Waals surface area contributed by atoms with E-state index in [0.29, 0.717) is 0 Å². The Kier molecular flexibility index (Phi) is 2.11. The van der Waals surface area contributed by atoms with E-state index in [2.05, 4.69) is 24.1 Å². The van der Waals surface area contributed by atoms with Crippen LogP contribution in [0.1, 0.15) is 32.6 Å². The average molecular weight is 161 g/mol. The summed E-state index contributed by atoms with van der Waals surface area (Å²) in [5.41, 5.74) is 4.31. The first-order chi connectivity index (χ1) is 5.86. The third-order valence-electron chi connectivity index (χ3n) is 2.61. The van der Waals surface area contributed by atoms with E-state index in [1.54, 1.807) is 0 Å². The maximum absolute atomic E-state index is 4.60. The Morgan fingerprint density at radius 1 is 1.17 bits per heavy atom. The fourth-order valence-corrected chi connectivity index (χ4v) is 1.80. The Morgan fingerprint density at radius 2 is 2.08 bits per heavy atom. The molecule has 0 saturated heterocycles. The van der Waals surface area contributed by atoms with Crippen LogP contribution >= 0.6 is 0 Å². The van der Waals surface area contributed by atoms with Gasteiger partial charge in [0.1, 0.15) is 0 Å². The molecule has 1 fully saturated rings. The third-order valence-corrected chi connectivity index (χ3v) is 2.61. The minimum absolute atomic E-state index is 0.995. The van der Waals surface area contributed by atoms with Crippen LogP contribution in [0, 0.1) is 0 Å². The topological polar surface area (TPSA) is 12.4 Å². The monoisotopic (exact) mass is 161 g/mol. The minimum atomic E-state index is 0.995. The number of rotatable bonds is 0. The molecule has 1 aliphatic heterocycles. The van der Waals surface area contributed by atoms with Gasteiger partial charge in [0.2, 0.25) is 0 Å². The van der Waals surface area contributed by atoms with E-state index in [0.717, 1.165) is 13.0 Å². The summed E-state index contributed by atoms with van der Waals surface area (Å²) in [5.74, 6) is 0. The second-order valence-corrected chi connectivity index (χ2v) is 3.64. The van der Waals surface area contributed by atoms with Crippen LogP contribution in [-0.4, -0.2) is 12.3 Å². The number of aliphatic imine (C=N–C) groups is 1. The highest BCUT2D eigenvalue weighted by Gasteiger charge is 2.14. The number of fused-ring (bicyclic) bond motifs is 1. The molecular formula is C11H15N. The molecule has 0 atom stereocenters. The van der Waals surface area contributed by atoms with Crippen molar-refractivity contribution in [3.8, 4) is 0 Å². The van der Waals surface area contributed by atoms with Crippen molar-refractivity contribution in [3.63, 3.8) is 0 Å². The SMILES string of the molecule is CC1=C/C=C2/CCCC2=NCC1. The van der Waals surface area contributed by atoms with Gasteiger partial charge in [-0.2, -0.15) is 0 Å². The van der Waals surface area contributed by atoms with Crippen molar-refractivity contribution in [2.45, 2.75) is 32.6 Å². The number of nitrogens with zero attached hydrogens (tertiary/aromatic N) is 1. The zero-order chi connectivity index (χ0) is 8.39. The van der Waals surface area contributed by atoms with Crippen LogP contribution in [-0.2, 0) is 0 Å². The first kappa shape index (κ1) is 7.78. The van der Waals surface area contributed by atoms with Gasteiger partial charge in [0.25, 0.3) is 0 Å². The summed E-state index contributed by atoms with van der Waals surface area (Å²) >= 11 is 0. The van der Waals surface area contributed by atoms with Crippen LogP contribution in [0.3, 0.4) is 0 Å². The highest BCUT2D eigenvalue weighted by molar-refractivity contribution is 6.02. The number of hydrogen-bond donors (Lipinski definition) is 0. The first-order valence-electron chi connectivity index (χ1n) is 4.76. The summed E-state index contributed by atoms with van der Waals surface area (Å²) in [4.78, 5) is 4.60. The van der Waals surface area contributed by atoms with Gasteiger partial charge in [0.05, 0.1) is 0 Å². The number of hydrogen-bond acceptors (Lipinski definition) is 1. The maximum atomic E-state index is 4.60. The second kappa shape index (κ2) is 3.26. The van der Waals surface area contributed by atoms with Gasteiger partial charge in [-0.15, -0.1) is 0 Å².